The number of carbonyl (C=O) groups is 3. The van der Waals surface area contributed by atoms with Crippen LogP contribution in [-0.4, -0.2) is 54.0 Å². The zero-order chi connectivity index (χ0) is 29.0. The molecule has 0 radical (unpaired) electrons. The summed E-state index contributed by atoms with van der Waals surface area (Å²) in [7, 11) is 0. The monoisotopic (exact) mass is 570 g/mol. The lowest BCUT2D eigenvalue weighted by Gasteiger charge is -2.43. The van der Waals surface area contributed by atoms with Crippen molar-refractivity contribution in [3.63, 3.8) is 0 Å². The van der Waals surface area contributed by atoms with E-state index in [-0.39, 0.29) is 12.4 Å². The molecular weight excluding hydrogens is 539 g/mol. The summed E-state index contributed by atoms with van der Waals surface area (Å²) in [5, 5.41) is 11.3. The van der Waals surface area contributed by atoms with Crippen molar-refractivity contribution in [1.29, 1.82) is 0 Å². The van der Waals surface area contributed by atoms with Gasteiger partial charge in [-0.25, -0.2) is 4.39 Å². The van der Waals surface area contributed by atoms with Crippen molar-refractivity contribution in [3.8, 4) is 10.4 Å². The van der Waals surface area contributed by atoms with E-state index in [2.05, 4.69) is 0 Å². The van der Waals surface area contributed by atoms with Gasteiger partial charge in [-0.3, -0.25) is 14.4 Å². The van der Waals surface area contributed by atoms with E-state index < -0.39 is 48.4 Å². The van der Waals surface area contributed by atoms with Crippen LogP contribution in [0.1, 0.15) is 48.4 Å². The molecule has 5 atom stereocenters. The average Bonchev–Trinajstić information content (AvgIpc) is 3.35. The summed E-state index contributed by atoms with van der Waals surface area (Å²) in [5.41, 5.74) is 3.56. The molecule has 40 heavy (non-hydrogen) atoms. The molecule has 8 nitrogen and oxygen atoms in total. The maximum Gasteiger partial charge on any atom is 0.303 e. The average molecular weight is 571 g/mol. The van der Waals surface area contributed by atoms with Crippen molar-refractivity contribution in [2.45, 2.75) is 64.6 Å². The molecule has 10 heteroatoms. The zero-order valence-corrected chi connectivity index (χ0v) is 23.4. The predicted molar refractivity (Wildman–Crippen MR) is 145 cm³/mol. The number of aliphatic hydroxyl groups is 1. The minimum atomic E-state index is -1.37. The quantitative estimate of drug-likeness (QED) is 0.307. The van der Waals surface area contributed by atoms with Gasteiger partial charge in [-0.2, -0.15) is 0 Å². The third-order valence-corrected chi connectivity index (χ3v) is 7.70. The maximum atomic E-state index is 13.3. The van der Waals surface area contributed by atoms with Gasteiger partial charge >= 0.3 is 17.9 Å². The number of ether oxygens (including phenoxy) is 4. The first-order valence-electron chi connectivity index (χ1n) is 12.8. The van der Waals surface area contributed by atoms with Crippen LogP contribution in [0.2, 0.25) is 0 Å². The fraction of sp³-hybridized carbons (Fsp3) is 0.367. The summed E-state index contributed by atoms with van der Waals surface area (Å²) in [6.45, 7) is 5.32. The van der Waals surface area contributed by atoms with E-state index in [9.17, 15) is 23.9 Å². The van der Waals surface area contributed by atoms with Gasteiger partial charge in [0.25, 0.3) is 0 Å². The molecule has 0 aliphatic carbocycles. The number of benzene rings is 2. The van der Waals surface area contributed by atoms with Crippen LogP contribution in [-0.2, 0) is 39.8 Å². The molecule has 1 aliphatic heterocycles. The van der Waals surface area contributed by atoms with Crippen LogP contribution in [0, 0.1) is 12.7 Å². The van der Waals surface area contributed by atoms with Gasteiger partial charge in [0.2, 0.25) is 0 Å². The number of halogens is 1. The Kier molecular flexibility index (Phi) is 9.34. The molecule has 2 aromatic carbocycles. The van der Waals surface area contributed by atoms with E-state index in [4.69, 9.17) is 18.9 Å². The summed E-state index contributed by atoms with van der Waals surface area (Å²) < 4.78 is 35.4. The molecule has 1 aliphatic rings. The van der Waals surface area contributed by atoms with Crippen molar-refractivity contribution in [1.82, 2.24) is 0 Å². The smallest absolute Gasteiger partial charge is 0.303 e. The highest BCUT2D eigenvalue weighted by Gasteiger charge is 2.50. The Morgan fingerprint density at radius 3 is 2.25 bits per heavy atom. The molecule has 1 fully saturated rings. The Morgan fingerprint density at radius 2 is 1.60 bits per heavy atom. The van der Waals surface area contributed by atoms with Crippen LogP contribution >= 0.6 is 11.3 Å². The summed E-state index contributed by atoms with van der Waals surface area (Å²) in [5.74, 6) is -2.19. The summed E-state index contributed by atoms with van der Waals surface area (Å²) in [4.78, 5) is 37.4. The predicted octanol–water partition coefficient (Wildman–Crippen LogP) is 4.68. The van der Waals surface area contributed by atoms with Crippen LogP contribution in [0.15, 0.2) is 54.6 Å². The van der Waals surface area contributed by atoms with Gasteiger partial charge in [-0.15, -0.1) is 11.3 Å². The lowest BCUT2D eigenvalue weighted by molar-refractivity contribution is -0.249. The second-order valence-electron chi connectivity index (χ2n) is 9.67. The Labute approximate surface area is 235 Å². The maximum absolute atomic E-state index is 13.3. The van der Waals surface area contributed by atoms with Crippen molar-refractivity contribution < 1.29 is 42.8 Å². The molecule has 0 amide bonds. The molecule has 0 bridgehead atoms. The van der Waals surface area contributed by atoms with E-state index >= 15 is 0 Å². The number of hydrogen-bond donors (Lipinski definition) is 1. The number of thiophene rings is 1. The highest BCUT2D eigenvalue weighted by Crippen LogP contribution is 2.37. The normalized spacial score (nSPS) is 22.4. The van der Waals surface area contributed by atoms with Gasteiger partial charge in [0.1, 0.15) is 30.7 Å². The highest BCUT2D eigenvalue weighted by molar-refractivity contribution is 7.15. The van der Waals surface area contributed by atoms with Crippen molar-refractivity contribution in [2.24, 2.45) is 0 Å². The van der Waals surface area contributed by atoms with Gasteiger partial charge in [0, 0.05) is 36.9 Å². The lowest BCUT2D eigenvalue weighted by Crippen LogP contribution is -2.58. The standard InChI is InChI=1S/C30H31FO8S/c1-16-5-6-21(13-22(16)14-24-11-12-26(40-24)20-7-9-23(31)10-8-20)28-27(35)30(38-19(4)34)29(37-18(3)33)25(39-28)15-36-17(2)32/h5-13,25,27-30,35H,14-15H2,1-4H3/t25-,27+,28+,29-,30-/m1/s1. The number of rotatable bonds is 8. The van der Waals surface area contributed by atoms with E-state index in [1.807, 2.05) is 37.3 Å². The second-order valence-corrected chi connectivity index (χ2v) is 10.8. The number of carbonyl (C=O) groups excluding carboxylic acids is 3. The molecule has 3 aromatic rings. The minimum Gasteiger partial charge on any atom is -0.463 e. The molecule has 1 N–H and O–H groups in total. The molecule has 0 spiro atoms. The number of aryl methyl sites for hydroxylation is 1. The largest absolute Gasteiger partial charge is 0.463 e. The molecule has 212 valence electrons. The van der Waals surface area contributed by atoms with Gasteiger partial charge < -0.3 is 24.1 Å². The Morgan fingerprint density at radius 1 is 0.925 bits per heavy atom. The van der Waals surface area contributed by atoms with Crippen LogP contribution in [0.3, 0.4) is 0 Å². The number of hydrogen-bond acceptors (Lipinski definition) is 9. The second kappa shape index (κ2) is 12.7. The molecule has 1 aromatic heterocycles. The highest BCUT2D eigenvalue weighted by atomic mass is 32.1. The summed E-state index contributed by atoms with van der Waals surface area (Å²) in [6, 6.07) is 16.0. The molecule has 0 unspecified atom stereocenters. The summed E-state index contributed by atoms with van der Waals surface area (Å²) >= 11 is 1.60. The molecule has 2 heterocycles. The van der Waals surface area contributed by atoms with Crippen molar-refractivity contribution in [2.75, 3.05) is 6.61 Å². The third-order valence-electron chi connectivity index (χ3n) is 6.57. The Balaban J connectivity index is 1.62. The molecular formula is C30H31FO8S. The topological polar surface area (TPSA) is 108 Å². The fourth-order valence-electron chi connectivity index (χ4n) is 4.69. The van der Waals surface area contributed by atoms with Gasteiger partial charge in [0.15, 0.2) is 12.2 Å². The Bertz CT molecular complexity index is 1370. The summed E-state index contributed by atoms with van der Waals surface area (Å²) in [6.07, 6.45) is -5.16. The van der Waals surface area contributed by atoms with Crippen LogP contribution in [0.5, 0.6) is 0 Å². The van der Waals surface area contributed by atoms with Crippen LogP contribution in [0.25, 0.3) is 10.4 Å². The first-order valence-corrected chi connectivity index (χ1v) is 13.6. The van der Waals surface area contributed by atoms with Crippen LogP contribution in [0.4, 0.5) is 4.39 Å². The van der Waals surface area contributed by atoms with E-state index in [0.29, 0.717) is 12.0 Å². The fourth-order valence-corrected chi connectivity index (χ4v) is 5.72. The number of esters is 3. The first kappa shape index (κ1) is 29.4. The van der Waals surface area contributed by atoms with Gasteiger partial charge in [-0.05, 0) is 53.4 Å². The van der Waals surface area contributed by atoms with Crippen molar-refractivity contribution in [3.05, 3.63) is 82.0 Å². The SMILES string of the molecule is CC(=O)OC[C@H]1O[C@@H](c2ccc(C)c(Cc3ccc(-c4ccc(F)cc4)s3)c2)[C@H](O)[C@@H](OC(C)=O)[C@@H]1OC(C)=O. The Hall–Kier alpha value is -3.60. The molecule has 1 saturated heterocycles. The molecule has 0 saturated carbocycles. The zero-order valence-electron chi connectivity index (χ0n) is 22.6. The third kappa shape index (κ3) is 7.12. The van der Waals surface area contributed by atoms with Crippen molar-refractivity contribution >= 4 is 29.2 Å². The number of aliphatic hydroxyl groups excluding tert-OH is 1. The minimum absolute atomic E-state index is 0.270. The van der Waals surface area contributed by atoms with E-state index in [1.165, 1.54) is 32.9 Å². The van der Waals surface area contributed by atoms with E-state index in [1.54, 1.807) is 23.5 Å². The van der Waals surface area contributed by atoms with Gasteiger partial charge in [0.05, 0.1) is 0 Å². The first-order chi connectivity index (χ1) is 19.0. The van der Waals surface area contributed by atoms with E-state index in [0.717, 1.165) is 26.4 Å². The van der Waals surface area contributed by atoms with Crippen LogP contribution < -0.4 is 0 Å². The van der Waals surface area contributed by atoms with Gasteiger partial charge in [-0.1, -0.05) is 30.3 Å². The lowest BCUT2D eigenvalue weighted by atomic mass is 9.89. The molecule has 4 rings (SSSR count).